The summed E-state index contributed by atoms with van der Waals surface area (Å²) in [6.07, 6.45) is 1.84. The molecular formula is C25H22N2O2. The van der Waals surface area contributed by atoms with Crippen molar-refractivity contribution >= 4 is 28.4 Å². The van der Waals surface area contributed by atoms with Gasteiger partial charge in [0.05, 0.1) is 16.8 Å². The summed E-state index contributed by atoms with van der Waals surface area (Å²) < 4.78 is 0. The fraction of sp³-hybridized carbons (Fsp3) is 0.200. The molecule has 4 nitrogen and oxygen atoms in total. The van der Waals surface area contributed by atoms with Crippen molar-refractivity contribution in [2.24, 2.45) is 4.99 Å². The summed E-state index contributed by atoms with van der Waals surface area (Å²) in [4.78, 5) is 19.7. The highest BCUT2D eigenvalue weighted by Crippen LogP contribution is 2.49. The number of likely N-dealkylation sites (N-methyl/N-ethyl adjacent to an activating group) is 1. The Morgan fingerprint density at radius 1 is 1.03 bits per heavy atom. The van der Waals surface area contributed by atoms with Gasteiger partial charge in [0, 0.05) is 40.7 Å². The highest BCUT2D eigenvalue weighted by Gasteiger charge is 2.42. The quantitative estimate of drug-likeness (QED) is 0.685. The van der Waals surface area contributed by atoms with Crippen molar-refractivity contribution in [1.29, 1.82) is 0 Å². The second-order valence-corrected chi connectivity index (χ2v) is 8.29. The predicted molar refractivity (Wildman–Crippen MR) is 117 cm³/mol. The number of carbonyl (C=O) groups excluding carboxylic acids is 1. The molecule has 2 aliphatic heterocycles. The zero-order valence-corrected chi connectivity index (χ0v) is 16.9. The number of ketones is 1. The molecule has 0 amide bonds. The van der Waals surface area contributed by atoms with Crippen molar-refractivity contribution in [2.75, 3.05) is 11.9 Å². The van der Waals surface area contributed by atoms with Gasteiger partial charge in [-0.25, -0.2) is 0 Å². The standard InChI is InChI=1S/C25H22N2O2/c1-14-21(15-9-5-7-11-18(15)26-14)22-23(28)16(24(22)29)13-20-25(2,3)17-10-6-8-12-19(17)27(20)4/h5-13,28H,1-4H3/b20-13-,22-21+. The lowest BCUT2D eigenvalue weighted by Gasteiger charge is -2.27. The van der Waals surface area contributed by atoms with Gasteiger partial charge in [-0.3, -0.25) is 9.79 Å². The van der Waals surface area contributed by atoms with Gasteiger partial charge in [-0.2, -0.15) is 0 Å². The number of hydrogen-bond acceptors (Lipinski definition) is 4. The van der Waals surface area contributed by atoms with Crippen LogP contribution in [-0.4, -0.2) is 23.6 Å². The average molecular weight is 382 g/mol. The second kappa shape index (κ2) is 5.80. The maximum atomic E-state index is 13.1. The van der Waals surface area contributed by atoms with Crippen molar-refractivity contribution in [1.82, 2.24) is 0 Å². The van der Waals surface area contributed by atoms with Gasteiger partial charge < -0.3 is 10.0 Å². The van der Waals surface area contributed by atoms with Crippen LogP contribution in [0.4, 0.5) is 11.4 Å². The summed E-state index contributed by atoms with van der Waals surface area (Å²) in [6, 6.07) is 16.0. The summed E-state index contributed by atoms with van der Waals surface area (Å²) in [5.74, 6) is -0.0691. The molecular weight excluding hydrogens is 360 g/mol. The van der Waals surface area contributed by atoms with Crippen molar-refractivity contribution in [3.8, 4) is 0 Å². The molecule has 5 rings (SSSR count). The van der Waals surface area contributed by atoms with Gasteiger partial charge in [-0.15, -0.1) is 0 Å². The van der Waals surface area contributed by atoms with Crippen LogP contribution in [0.5, 0.6) is 0 Å². The Bertz CT molecular complexity index is 1220. The third kappa shape index (κ3) is 2.26. The summed E-state index contributed by atoms with van der Waals surface area (Å²) in [5, 5.41) is 10.9. The number of nitrogens with zero attached hydrogens (tertiary/aromatic N) is 2. The molecule has 0 aromatic heterocycles. The Labute approximate surface area is 170 Å². The van der Waals surface area contributed by atoms with Crippen LogP contribution in [0.15, 0.2) is 82.2 Å². The first-order valence-corrected chi connectivity index (χ1v) is 9.75. The topological polar surface area (TPSA) is 52.9 Å². The van der Waals surface area contributed by atoms with E-state index in [-0.39, 0.29) is 17.0 Å². The first kappa shape index (κ1) is 17.7. The Hall–Kier alpha value is -3.40. The smallest absolute Gasteiger partial charge is 0.201 e. The van der Waals surface area contributed by atoms with E-state index in [1.807, 2.05) is 56.4 Å². The van der Waals surface area contributed by atoms with Crippen LogP contribution in [0.1, 0.15) is 31.9 Å². The molecule has 3 aliphatic rings. The molecule has 0 spiro atoms. The number of aliphatic hydroxyl groups excluding tert-OH is 1. The minimum Gasteiger partial charge on any atom is -0.506 e. The SMILES string of the molecule is CC1=Nc2ccccc2/C1=C1/C(=O)C(/C=C2\N(C)c3ccccc3C2(C)C)=C1O. The molecule has 0 unspecified atom stereocenters. The Morgan fingerprint density at radius 2 is 1.72 bits per heavy atom. The lowest BCUT2D eigenvalue weighted by atomic mass is 9.78. The number of fused-ring (bicyclic) bond motifs is 2. The van der Waals surface area contributed by atoms with Crippen LogP contribution in [0, 0.1) is 0 Å². The zero-order valence-electron chi connectivity index (χ0n) is 16.9. The molecule has 0 bridgehead atoms. The number of rotatable bonds is 1. The number of allylic oxidation sites excluding steroid dienone is 5. The van der Waals surface area contributed by atoms with E-state index in [1.54, 1.807) is 0 Å². The lowest BCUT2D eigenvalue weighted by Crippen LogP contribution is -2.28. The number of aliphatic imine (C=N–C) groups is 1. The molecule has 0 atom stereocenters. The van der Waals surface area contributed by atoms with Crippen molar-refractivity contribution in [2.45, 2.75) is 26.2 Å². The van der Waals surface area contributed by atoms with Crippen LogP contribution in [0.25, 0.3) is 5.57 Å². The summed E-state index contributed by atoms with van der Waals surface area (Å²) >= 11 is 0. The molecule has 144 valence electrons. The van der Waals surface area contributed by atoms with Crippen LogP contribution in [0.3, 0.4) is 0 Å². The van der Waals surface area contributed by atoms with Gasteiger partial charge in [0.25, 0.3) is 0 Å². The second-order valence-electron chi connectivity index (χ2n) is 8.29. The molecule has 2 heterocycles. The van der Waals surface area contributed by atoms with Gasteiger partial charge in [0.2, 0.25) is 5.78 Å². The lowest BCUT2D eigenvalue weighted by molar-refractivity contribution is -0.113. The van der Waals surface area contributed by atoms with Gasteiger partial charge in [-0.1, -0.05) is 50.2 Å². The Morgan fingerprint density at radius 3 is 2.45 bits per heavy atom. The van der Waals surface area contributed by atoms with Gasteiger partial charge in [-0.05, 0) is 30.7 Å². The largest absolute Gasteiger partial charge is 0.506 e. The minimum absolute atomic E-state index is 0.0592. The number of hydrogen-bond donors (Lipinski definition) is 1. The maximum absolute atomic E-state index is 13.1. The van der Waals surface area contributed by atoms with E-state index in [4.69, 9.17) is 0 Å². The highest BCUT2D eigenvalue weighted by molar-refractivity contribution is 6.38. The van der Waals surface area contributed by atoms with Crippen molar-refractivity contribution in [3.63, 3.8) is 0 Å². The fourth-order valence-electron chi connectivity index (χ4n) is 4.71. The average Bonchev–Trinajstić information content (AvgIpc) is 3.12. The van der Waals surface area contributed by atoms with E-state index in [0.717, 1.165) is 33.9 Å². The molecule has 2 aromatic carbocycles. The molecule has 0 saturated heterocycles. The number of Topliss-reactive ketones (excluding diaryl/α,β-unsaturated/α-hetero) is 1. The van der Waals surface area contributed by atoms with E-state index in [1.165, 1.54) is 5.56 Å². The molecule has 2 aromatic rings. The van der Waals surface area contributed by atoms with Gasteiger partial charge in [0.1, 0.15) is 5.76 Å². The van der Waals surface area contributed by atoms with E-state index in [9.17, 15) is 9.90 Å². The number of aliphatic hydroxyl groups is 1. The molecule has 1 aliphatic carbocycles. The van der Waals surface area contributed by atoms with Crippen LogP contribution in [0.2, 0.25) is 0 Å². The van der Waals surface area contributed by atoms with Crippen LogP contribution >= 0.6 is 0 Å². The number of para-hydroxylation sites is 2. The molecule has 29 heavy (non-hydrogen) atoms. The van der Waals surface area contributed by atoms with E-state index in [0.29, 0.717) is 11.1 Å². The Balaban J connectivity index is 1.63. The van der Waals surface area contributed by atoms with E-state index in [2.05, 4.69) is 35.9 Å². The third-order valence-electron chi connectivity index (χ3n) is 6.26. The highest BCUT2D eigenvalue weighted by atomic mass is 16.3. The number of carbonyl (C=O) groups is 1. The minimum atomic E-state index is -0.251. The first-order valence-electron chi connectivity index (χ1n) is 9.75. The van der Waals surface area contributed by atoms with E-state index >= 15 is 0 Å². The van der Waals surface area contributed by atoms with Crippen LogP contribution < -0.4 is 4.90 Å². The van der Waals surface area contributed by atoms with Crippen molar-refractivity contribution < 1.29 is 9.90 Å². The maximum Gasteiger partial charge on any atom is 0.201 e. The molecule has 0 saturated carbocycles. The number of benzene rings is 2. The molecule has 0 radical (unpaired) electrons. The summed E-state index contributed by atoms with van der Waals surface area (Å²) in [5.41, 5.74) is 7.07. The predicted octanol–water partition coefficient (Wildman–Crippen LogP) is 5.25. The first-order chi connectivity index (χ1) is 13.8. The Kier molecular flexibility index (Phi) is 3.54. The van der Waals surface area contributed by atoms with E-state index < -0.39 is 0 Å². The van der Waals surface area contributed by atoms with Gasteiger partial charge >= 0.3 is 0 Å². The zero-order chi connectivity index (χ0) is 20.5. The van der Waals surface area contributed by atoms with Crippen LogP contribution in [-0.2, 0) is 10.2 Å². The molecule has 4 heteroatoms. The summed E-state index contributed by atoms with van der Waals surface area (Å²) in [6.45, 7) is 6.17. The third-order valence-corrected chi connectivity index (χ3v) is 6.26. The van der Waals surface area contributed by atoms with Gasteiger partial charge in [0.15, 0.2) is 0 Å². The molecule has 0 fully saturated rings. The van der Waals surface area contributed by atoms with Crippen molar-refractivity contribution in [3.05, 3.63) is 88.3 Å². The normalized spacial score (nSPS) is 23.3. The monoisotopic (exact) mass is 382 g/mol. The summed E-state index contributed by atoms with van der Waals surface area (Å²) in [7, 11) is 2.00. The fourth-order valence-corrected chi connectivity index (χ4v) is 4.71. The molecule has 1 N–H and O–H groups in total. The number of anilines is 1.